The number of carbonyl (C=O) groups is 1. The Morgan fingerprint density at radius 2 is 2.33 bits per heavy atom. The van der Waals surface area contributed by atoms with Crippen LogP contribution in [0.25, 0.3) is 0 Å². The van der Waals surface area contributed by atoms with Gasteiger partial charge in [0.05, 0.1) is 6.54 Å². The molecule has 0 aliphatic rings. The summed E-state index contributed by atoms with van der Waals surface area (Å²) < 4.78 is 1.82. The lowest BCUT2D eigenvalue weighted by atomic mass is 10.1. The smallest absolute Gasteiger partial charge is 0.314 e. The van der Waals surface area contributed by atoms with Gasteiger partial charge in [0.25, 0.3) is 0 Å². The molecule has 0 bridgehead atoms. The number of carbonyl (C=O) groups excluding carboxylic acids is 1. The van der Waals surface area contributed by atoms with Gasteiger partial charge in [-0.1, -0.05) is 6.07 Å². The summed E-state index contributed by atoms with van der Waals surface area (Å²) in [6.45, 7) is 3.20. The van der Waals surface area contributed by atoms with Crippen molar-refractivity contribution in [2.45, 2.75) is 25.5 Å². The Labute approximate surface area is 127 Å². The molecule has 0 fully saturated rings. The molecule has 114 valence electrons. The zero-order valence-corrected chi connectivity index (χ0v) is 12.8. The normalized spacial score (nSPS) is 13.6. The Hall–Kier alpha value is -1.86. The Morgan fingerprint density at radius 3 is 3.00 bits per heavy atom. The molecule has 0 spiro atoms. The molecule has 0 radical (unpaired) electrons. The van der Waals surface area contributed by atoms with Crippen molar-refractivity contribution in [3.63, 3.8) is 0 Å². The van der Waals surface area contributed by atoms with Crippen molar-refractivity contribution in [1.29, 1.82) is 0 Å². The SMILES string of the molecule is CC(O)(CNC(=O)NCCCn1cccn1)c1cccs1. The number of urea groups is 1. The fraction of sp³-hybridized carbons (Fsp3) is 0.429. The van der Waals surface area contributed by atoms with Crippen LogP contribution in [0.2, 0.25) is 0 Å². The molecule has 0 aliphatic heterocycles. The average molecular weight is 308 g/mol. The lowest BCUT2D eigenvalue weighted by Gasteiger charge is -2.22. The van der Waals surface area contributed by atoms with Gasteiger partial charge in [-0.15, -0.1) is 11.3 Å². The highest BCUT2D eigenvalue weighted by Gasteiger charge is 2.24. The van der Waals surface area contributed by atoms with Crippen LogP contribution in [-0.4, -0.2) is 34.0 Å². The second-order valence-electron chi connectivity index (χ2n) is 4.98. The van der Waals surface area contributed by atoms with Gasteiger partial charge in [-0.3, -0.25) is 4.68 Å². The second kappa shape index (κ2) is 7.24. The van der Waals surface area contributed by atoms with Crippen LogP contribution in [0.3, 0.4) is 0 Å². The summed E-state index contributed by atoms with van der Waals surface area (Å²) in [6.07, 6.45) is 4.42. The van der Waals surface area contributed by atoms with Crippen LogP contribution < -0.4 is 10.6 Å². The van der Waals surface area contributed by atoms with Crippen LogP contribution in [0.15, 0.2) is 36.0 Å². The van der Waals surface area contributed by atoms with Gasteiger partial charge < -0.3 is 15.7 Å². The summed E-state index contributed by atoms with van der Waals surface area (Å²) in [4.78, 5) is 12.5. The molecule has 0 saturated carbocycles. The summed E-state index contributed by atoms with van der Waals surface area (Å²) >= 11 is 1.47. The third-order valence-corrected chi connectivity index (χ3v) is 4.18. The lowest BCUT2D eigenvalue weighted by molar-refractivity contribution is 0.0631. The zero-order valence-electron chi connectivity index (χ0n) is 12.0. The van der Waals surface area contributed by atoms with Crippen molar-refractivity contribution in [3.05, 3.63) is 40.8 Å². The molecule has 0 aromatic carbocycles. The van der Waals surface area contributed by atoms with E-state index in [1.165, 1.54) is 11.3 Å². The van der Waals surface area contributed by atoms with Crippen molar-refractivity contribution in [2.24, 2.45) is 0 Å². The highest BCUT2D eigenvalue weighted by Crippen LogP contribution is 2.24. The summed E-state index contributed by atoms with van der Waals surface area (Å²) in [5, 5.41) is 21.7. The van der Waals surface area contributed by atoms with E-state index in [4.69, 9.17) is 0 Å². The molecule has 7 heteroatoms. The van der Waals surface area contributed by atoms with Crippen LogP contribution in [-0.2, 0) is 12.1 Å². The minimum atomic E-state index is -1.04. The first-order chi connectivity index (χ1) is 10.1. The minimum Gasteiger partial charge on any atom is -0.383 e. The lowest BCUT2D eigenvalue weighted by Crippen LogP contribution is -2.43. The van der Waals surface area contributed by atoms with E-state index in [0.29, 0.717) is 6.54 Å². The topological polar surface area (TPSA) is 79.2 Å². The van der Waals surface area contributed by atoms with Crippen LogP contribution in [0.5, 0.6) is 0 Å². The predicted molar refractivity (Wildman–Crippen MR) is 82.1 cm³/mol. The maximum absolute atomic E-state index is 11.7. The van der Waals surface area contributed by atoms with Gasteiger partial charge in [-0.25, -0.2) is 4.79 Å². The van der Waals surface area contributed by atoms with E-state index in [0.717, 1.165) is 17.8 Å². The van der Waals surface area contributed by atoms with Gasteiger partial charge in [0, 0.05) is 30.4 Å². The Morgan fingerprint density at radius 1 is 1.48 bits per heavy atom. The molecular weight excluding hydrogens is 288 g/mol. The van der Waals surface area contributed by atoms with Gasteiger partial charge in [0.1, 0.15) is 5.60 Å². The first-order valence-corrected chi connectivity index (χ1v) is 7.71. The van der Waals surface area contributed by atoms with E-state index in [1.807, 2.05) is 34.5 Å². The summed E-state index contributed by atoms with van der Waals surface area (Å²) in [6, 6.07) is 5.33. The maximum atomic E-state index is 11.7. The van der Waals surface area contributed by atoms with Crippen molar-refractivity contribution < 1.29 is 9.90 Å². The van der Waals surface area contributed by atoms with Crippen LogP contribution in [0.4, 0.5) is 4.79 Å². The highest BCUT2D eigenvalue weighted by molar-refractivity contribution is 7.10. The van der Waals surface area contributed by atoms with Crippen molar-refractivity contribution in [2.75, 3.05) is 13.1 Å². The van der Waals surface area contributed by atoms with Crippen molar-refractivity contribution in [1.82, 2.24) is 20.4 Å². The molecule has 6 nitrogen and oxygen atoms in total. The Bertz CT molecular complexity index is 537. The zero-order chi connectivity index (χ0) is 15.1. The Kier molecular flexibility index (Phi) is 5.35. The first kappa shape index (κ1) is 15.5. The minimum absolute atomic E-state index is 0.179. The molecular formula is C14H20N4O2S. The molecule has 1 atom stereocenters. The third kappa shape index (κ3) is 4.87. The van der Waals surface area contributed by atoms with E-state index in [1.54, 1.807) is 13.1 Å². The van der Waals surface area contributed by atoms with E-state index >= 15 is 0 Å². The number of hydrogen-bond donors (Lipinski definition) is 3. The predicted octanol–water partition coefficient (Wildman–Crippen LogP) is 1.54. The van der Waals surface area contributed by atoms with Gasteiger partial charge in [-0.05, 0) is 30.9 Å². The number of amides is 2. The van der Waals surface area contributed by atoms with Gasteiger partial charge in [-0.2, -0.15) is 5.10 Å². The first-order valence-electron chi connectivity index (χ1n) is 6.83. The third-order valence-electron chi connectivity index (χ3n) is 3.05. The molecule has 1 unspecified atom stereocenters. The number of thiophene rings is 1. The number of aliphatic hydroxyl groups is 1. The fourth-order valence-electron chi connectivity index (χ4n) is 1.86. The molecule has 2 aromatic rings. The van der Waals surface area contributed by atoms with E-state index < -0.39 is 5.60 Å². The van der Waals surface area contributed by atoms with E-state index in [-0.39, 0.29) is 12.6 Å². The molecule has 3 N–H and O–H groups in total. The quantitative estimate of drug-likeness (QED) is 0.679. The van der Waals surface area contributed by atoms with Gasteiger partial charge >= 0.3 is 6.03 Å². The molecule has 0 saturated heterocycles. The number of aryl methyl sites for hydroxylation is 1. The average Bonchev–Trinajstić information content (AvgIpc) is 3.14. The standard InChI is InChI=1S/C14H20N4O2S/c1-14(20,12-5-2-10-21-12)11-16-13(19)15-6-3-8-18-9-4-7-17-18/h2,4-5,7,9-10,20H,3,6,8,11H2,1H3,(H2,15,16,19). The maximum Gasteiger partial charge on any atom is 0.314 e. The summed E-state index contributed by atoms with van der Waals surface area (Å²) in [5.41, 5.74) is -1.04. The van der Waals surface area contributed by atoms with Gasteiger partial charge in [0.15, 0.2) is 0 Å². The molecule has 2 heterocycles. The number of hydrogen-bond acceptors (Lipinski definition) is 4. The Balaban J connectivity index is 1.63. The largest absolute Gasteiger partial charge is 0.383 e. The number of rotatable bonds is 7. The molecule has 0 aliphatic carbocycles. The monoisotopic (exact) mass is 308 g/mol. The molecule has 2 amide bonds. The summed E-state index contributed by atoms with van der Waals surface area (Å²) in [5.74, 6) is 0. The molecule has 2 aromatic heterocycles. The number of nitrogens with zero attached hydrogens (tertiary/aromatic N) is 2. The van der Waals surface area contributed by atoms with Crippen molar-refractivity contribution >= 4 is 17.4 Å². The number of nitrogens with one attached hydrogen (secondary N) is 2. The number of aromatic nitrogens is 2. The highest BCUT2D eigenvalue weighted by atomic mass is 32.1. The molecule has 2 rings (SSSR count). The molecule has 21 heavy (non-hydrogen) atoms. The summed E-state index contributed by atoms with van der Waals surface area (Å²) in [7, 11) is 0. The van der Waals surface area contributed by atoms with E-state index in [9.17, 15) is 9.90 Å². The van der Waals surface area contributed by atoms with E-state index in [2.05, 4.69) is 15.7 Å². The van der Waals surface area contributed by atoms with Crippen LogP contribution in [0, 0.1) is 0 Å². The fourth-order valence-corrected chi connectivity index (χ4v) is 2.65. The van der Waals surface area contributed by atoms with Gasteiger partial charge in [0.2, 0.25) is 0 Å². The van der Waals surface area contributed by atoms with Crippen LogP contribution >= 0.6 is 11.3 Å². The van der Waals surface area contributed by atoms with Crippen LogP contribution in [0.1, 0.15) is 18.2 Å². The van der Waals surface area contributed by atoms with Crippen molar-refractivity contribution in [3.8, 4) is 0 Å². The second-order valence-corrected chi connectivity index (χ2v) is 5.93.